The summed E-state index contributed by atoms with van der Waals surface area (Å²) >= 11 is 5.92. The van der Waals surface area contributed by atoms with Crippen LogP contribution in [0.4, 0.5) is 0 Å². The summed E-state index contributed by atoms with van der Waals surface area (Å²) in [6.07, 6.45) is 3.26. The molecule has 0 aliphatic carbocycles. The Bertz CT molecular complexity index is 1610. The van der Waals surface area contributed by atoms with Crippen LogP contribution in [0.2, 0.25) is 5.02 Å². The number of fused-ring (bicyclic) bond motifs is 4. The maximum absolute atomic E-state index is 12.5. The molecule has 2 aromatic heterocycles. The van der Waals surface area contributed by atoms with Crippen LogP contribution < -0.4 is 14.8 Å². The molecule has 0 unspecified atom stereocenters. The lowest BCUT2D eigenvalue weighted by molar-refractivity contribution is -0.116. The van der Waals surface area contributed by atoms with Crippen molar-refractivity contribution < 1.29 is 14.3 Å². The minimum absolute atomic E-state index is 0.203. The van der Waals surface area contributed by atoms with Crippen LogP contribution in [0, 0.1) is 0 Å². The van der Waals surface area contributed by atoms with Gasteiger partial charge in [0, 0.05) is 33.0 Å². The molecule has 172 valence electrons. The number of halogens is 1. The third kappa shape index (κ3) is 4.20. The van der Waals surface area contributed by atoms with Gasteiger partial charge in [0.1, 0.15) is 0 Å². The average Bonchev–Trinajstić information content (AvgIpc) is 3.51. The molecule has 0 saturated heterocycles. The molecule has 1 amide bonds. The molecular weight excluding hydrogens is 462 g/mol. The van der Waals surface area contributed by atoms with E-state index in [-0.39, 0.29) is 19.2 Å². The van der Waals surface area contributed by atoms with Gasteiger partial charge in [-0.25, -0.2) is 4.98 Å². The van der Waals surface area contributed by atoms with Crippen molar-refractivity contribution in [3.63, 3.8) is 0 Å². The van der Waals surface area contributed by atoms with Crippen LogP contribution in [-0.4, -0.2) is 22.7 Å². The van der Waals surface area contributed by atoms with Crippen molar-refractivity contribution in [1.82, 2.24) is 15.3 Å². The van der Waals surface area contributed by atoms with Gasteiger partial charge in [-0.15, -0.1) is 0 Å². The van der Waals surface area contributed by atoms with Crippen molar-refractivity contribution in [3.8, 4) is 22.8 Å². The summed E-state index contributed by atoms with van der Waals surface area (Å²) in [6.45, 7) is 0.500. The number of hydrogen-bond donors (Lipinski definition) is 2. The Balaban J connectivity index is 1.34. The second-order valence-electron chi connectivity index (χ2n) is 8.23. The first-order valence-corrected chi connectivity index (χ1v) is 11.5. The van der Waals surface area contributed by atoms with E-state index in [9.17, 15) is 4.79 Å². The van der Waals surface area contributed by atoms with Crippen molar-refractivity contribution in [2.24, 2.45) is 0 Å². The van der Waals surface area contributed by atoms with Gasteiger partial charge in [-0.3, -0.25) is 4.79 Å². The smallest absolute Gasteiger partial charge is 0.244 e. The van der Waals surface area contributed by atoms with E-state index in [1.54, 1.807) is 18.2 Å². The highest BCUT2D eigenvalue weighted by Crippen LogP contribution is 2.38. The van der Waals surface area contributed by atoms with Crippen LogP contribution in [0.3, 0.4) is 0 Å². The number of hydrogen-bond acceptors (Lipinski definition) is 4. The quantitative estimate of drug-likeness (QED) is 0.298. The van der Waals surface area contributed by atoms with E-state index in [0.717, 1.165) is 50.1 Å². The molecular formula is C28H20ClN3O3. The van der Waals surface area contributed by atoms with Gasteiger partial charge in [-0.05, 0) is 54.1 Å². The van der Waals surface area contributed by atoms with E-state index in [0.29, 0.717) is 10.8 Å². The summed E-state index contributed by atoms with van der Waals surface area (Å²) in [7, 11) is 0. The van der Waals surface area contributed by atoms with Crippen molar-refractivity contribution in [2.45, 2.75) is 6.54 Å². The summed E-state index contributed by atoms with van der Waals surface area (Å²) in [4.78, 5) is 20.9. The summed E-state index contributed by atoms with van der Waals surface area (Å²) in [6, 6.07) is 23.2. The molecule has 6 nitrogen and oxygen atoms in total. The summed E-state index contributed by atoms with van der Waals surface area (Å²) in [5, 5.41) is 5.74. The second-order valence-corrected chi connectivity index (χ2v) is 8.66. The van der Waals surface area contributed by atoms with E-state index < -0.39 is 0 Å². The molecule has 1 aliphatic rings. The SMILES string of the molecule is O=C(/C=C/c1ccc(Cl)cc1)NCc1cc2c([nH]c3ccccc32)c(-c2ccc3c(c2)OCO3)n1. The molecule has 0 fully saturated rings. The Kier molecular flexibility index (Phi) is 5.35. The Morgan fingerprint density at radius 3 is 2.71 bits per heavy atom. The number of carbonyl (C=O) groups is 1. The number of aromatic amines is 1. The predicted molar refractivity (Wildman–Crippen MR) is 137 cm³/mol. The standard InChI is InChI=1S/C28H20ClN3O3/c29-19-9-5-17(6-10-19)7-12-26(33)30-15-20-14-22-21-3-1-2-4-23(21)32-28(22)27(31-20)18-8-11-24-25(13-18)35-16-34-24/h1-14,32H,15-16H2,(H,30,33)/b12-7+. The van der Waals surface area contributed by atoms with E-state index in [2.05, 4.69) is 16.4 Å². The topological polar surface area (TPSA) is 76.2 Å². The molecule has 7 heteroatoms. The number of rotatable bonds is 5. The van der Waals surface area contributed by atoms with Crippen LogP contribution in [0.5, 0.6) is 11.5 Å². The molecule has 2 N–H and O–H groups in total. The number of nitrogens with one attached hydrogen (secondary N) is 2. The third-order valence-electron chi connectivity index (χ3n) is 5.94. The lowest BCUT2D eigenvalue weighted by Gasteiger charge is -2.09. The van der Waals surface area contributed by atoms with Crippen LogP contribution in [0.25, 0.3) is 39.1 Å². The van der Waals surface area contributed by atoms with E-state index >= 15 is 0 Å². The zero-order valence-electron chi connectivity index (χ0n) is 18.5. The average molecular weight is 482 g/mol. The number of nitrogens with zero attached hydrogens (tertiary/aromatic N) is 1. The second kappa shape index (κ2) is 8.81. The fraction of sp³-hybridized carbons (Fsp3) is 0.0714. The zero-order valence-corrected chi connectivity index (χ0v) is 19.3. The van der Waals surface area contributed by atoms with Gasteiger partial charge in [-0.2, -0.15) is 0 Å². The fourth-order valence-corrected chi connectivity index (χ4v) is 4.35. The summed E-state index contributed by atoms with van der Waals surface area (Å²) in [5.41, 5.74) is 5.30. The molecule has 1 aliphatic heterocycles. The van der Waals surface area contributed by atoms with Gasteiger partial charge in [0.05, 0.1) is 23.4 Å². The highest BCUT2D eigenvalue weighted by Gasteiger charge is 2.18. The van der Waals surface area contributed by atoms with Gasteiger partial charge in [0.15, 0.2) is 11.5 Å². The van der Waals surface area contributed by atoms with E-state index in [1.165, 1.54) is 6.08 Å². The number of para-hydroxylation sites is 1. The summed E-state index contributed by atoms with van der Waals surface area (Å²) < 4.78 is 11.0. The lowest BCUT2D eigenvalue weighted by atomic mass is 10.1. The highest BCUT2D eigenvalue weighted by molar-refractivity contribution is 6.30. The van der Waals surface area contributed by atoms with Crippen LogP contribution in [0.1, 0.15) is 11.3 Å². The predicted octanol–water partition coefficient (Wildman–Crippen LogP) is 6.09. The molecule has 35 heavy (non-hydrogen) atoms. The Morgan fingerprint density at radius 1 is 1.00 bits per heavy atom. The molecule has 0 spiro atoms. The maximum atomic E-state index is 12.5. The van der Waals surface area contributed by atoms with Gasteiger partial charge >= 0.3 is 0 Å². The molecule has 0 radical (unpaired) electrons. The van der Waals surface area contributed by atoms with Crippen LogP contribution in [-0.2, 0) is 11.3 Å². The molecule has 3 heterocycles. The minimum Gasteiger partial charge on any atom is -0.454 e. The number of aromatic nitrogens is 2. The molecule has 0 atom stereocenters. The fourth-order valence-electron chi connectivity index (χ4n) is 4.22. The number of ether oxygens (including phenoxy) is 2. The Labute approximate surface area is 206 Å². The molecule has 5 aromatic rings. The van der Waals surface area contributed by atoms with Crippen LogP contribution in [0.15, 0.2) is 78.9 Å². The number of H-pyrrole nitrogens is 1. The van der Waals surface area contributed by atoms with Gasteiger partial charge in [0.25, 0.3) is 0 Å². The number of carbonyl (C=O) groups excluding carboxylic acids is 1. The van der Waals surface area contributed by atoms with E-state index in [4.69, 9.17) is 26.1 Å². The van der Waals surface area contributed by atoms with Gasteiger partial charge in [-0.1, -0.05) is 41.9 Å². The Hall–Kier alpha value is -4.29. The molecule has 3 aromatic carbocycles. The van der Waals surface area contributed by atoms with E-state index in [1.807, 2.05) is 54.6 Å². The van der Waals surface area contributed by atoms with Crippen molar-refractivity contribution in [3.05, 3.63) is 95.2 Å². The largest absolute Gasteiger partial charge is 0.454 e. The van der Waals surface area contributed by atoms with Gasteiger partial charge in [0.2, 0.25) is 12.7 Å². The first kappa shape index (κ1) is 21.3. The van der Waals surface area contributed by atoms with Crippen molar-refractivity contribution in [2.75, 3.05) is 6.79 Å². The van der Waals surface area contributed by atoms with Crippen LogP contribution >= 0.6 is 11.6 Å². The first-order valence-electron chi connectivity index (χ1n) is 11.2. The normalized spacial score (nSPS) is 12.6. The molecule has 0 saturated carbocycles. The van der Waals surface area contributed by atoms with Crippen molar-refractivity contribution in [1.29, 1.82) is 0 Å². The molecule has 6 rings (SSSR count). The maximum Gasteiger partial charge on any atom is 0.244 e. The lowest BCUT2D eigenvalue weighted by Crippen LogP contribution is -2.21. The highest BCUT2D eigenvalue weighted by atomic mass is 35.5. The Morgan fingerprint density at radius 2 is 1.83 bits per heavy atom. The summed E-state index contributed by atoms with van der Waals surface area (Å²) in [5.74, 6) is 1.21. The third-order valence-corrected chi connectivity index (χ3v) is 6.19. The number of benzene rings is 3. The first-order chi connectivity index (χ1) is 17.1. The number of pyridine rings is 1. The minimum atomic E-state index is -0.203. The molecule has 0 bridgehead atoms. The van der Waals surface area contributed by atoms with Gasteiger partial charge < -0.3 is 19.8 Å². The number of amides is 1. The zero-order chi connectivity index (χ0) is 23.8. The monoisotopic (exact) mass is 481 g/mol. The van der Waals surface area contributed by atoms with Crippen molar-refractivity contribution >= 4 is 45.4 Å².